The Morgan fingerprint density at radius 1 is 1.25 bits per heavy atom. The summed E-state index contributed by atoms with van der Waals surface area (Å²) in [6, 6.07) is 6.89. The maximum absolute atomic E-state index is 13.9. The van der Waals surface area contributed by atoms with Gasteiger partial charge in [0.2, 0.25) is 0 Å². The number of nitrogens with two attached hydrogens (primary N) is 1. The predicted molar refractivity (Wildman–Crippen MR) is 78.4 cm³/mol. The maximum atomic E-state index is 13.9. The minimum atomic E-state index is -0.802. The number of hydrazine groups is 1. The van der Waals surface area contributed by atoms with Crippen molar-refractivity contribution in [3.05, 3.63) is 57.3 Å². The second-order valence-electron chi connectivity index (χ2n) is 4.79. The molecule has 0 aliphatic carbocycles. The zero-order valence-electron chi connectivity index (χ0n) is 11.3. The van der Waals surface area contributed by atoms with Gasteiger partial charge in [0.1, 0.15) is 0 Å². The molecule has 0 bridgehead atoms. The van der Waals surface area contributed by atoms with E-state index >= 15 is 0 Å². The summed E-state index contributed by atoms with van der Waals surface area (Å²) in [5, 5.41) is 2.03. The van der Waals surface area contributed by atoms with Gasteiger partial charge in [0, 0.05) is 16.5 Å². The van der Waals surface area contributed by atoms with Crippen LogP contribution >= 0.6 is 11.3 Å². The fourth-order valence-corrected chi connectivity index (χ4v) is 2.95. The first-order valence-electron chi connectivity index (χ1n) is 6.56. The van der Waals surface area contributed by atoms with Gasteiger partial charge < -0.3 is 0 Å². The smallest absolute Gasteiger partial charge is 0.163 e. The first-order valence-corrected chi connectivity index (χ1v) is 7.44. The highest BCUT2D eigenvalue weighted by Gasteiger charge is 2.18. The minimum Gasteiger partial charge on any atom is -0.271 e. The Morgan fingerprint density at radius 2 is 2.05 bits per heavy atom. The summed E-state index contributed by atoms with van der Waals surface area (Å²) in [7, 11) is 0. The molecule has 0 saturated carbocycles. The van der Waals surface area contributed by atoms with Crippen LogP contribution in [0.4, 0.5) is 8.78 Å². The Labute approximate surface area is 121 Å². The molecule has 3 N–H and O–H groups in total. The van der Waals surface area contributed by atoms with Crippen LogP contribution in [0.1, 0.15) is 34.9 Å². The number of halogens is 2. The van der Waals surface area contributed by atoms with Crippen molar-refractivity contribution in [3.8, 4) is 0 Å². The van der Waals surface area contributed by atoms with E-state index in [1.54, 1.807) is 30.4 Å². The minimum absolute atomic E-state index is 0.293. The second-order valence-corrected chi connectivity index (χ2v) is 5.82. The van der Waals surface area contributed by atoms with Gasteiger partial charge in [0.15, 0.2) is 11.6 Å². The van der Waals surface area contributed by atoms with E-state index in [9.17, 15) is 8.78 Å². The largest absolute Gasteiger partial charge is 0.271 e. The molecule has 1 atom stereocenters. The highest BCUT2D eigenvalue weighted by atomic mass is 32.1. The summed E-state index contributed by atoms with van der Waals surface area (Å²) in [5.74, 6) is 3.89. The van der Waals surface area contributed by atoms with Gasteiger partial charge in [-0.2, -0.15) is 0 Å². The van der Waals surface area contributed by atoms with Crippen molar-refractivity contribution in [1.29, 1.82) is 0 Å². The Kier molecular flexibility index (Phi) is 5.23. The van der Waals surface area contributed by atoms with Gasteiger partial charge in [0.25, 0.3) is 0 Å². The molecule has 0 aliphatic rings. The average Bonchev–Trinajstić information content (AvgIpc) is 2.95. The fourth-order valence-electron chi connectivity index (χ4n) is 2.19. The van der Waals surface area contributed by atoms with Gasteiger partial charge in [-0.25, -0.2) is 8.78 Å². The van der Waals surface area contributed by atoms with E-state index in [4.69, 9.17) is 5.84 Å². The van der Waals surface area contributed by atoms with Crippen molar-refractivity contribution in [2.45, 2.75) is 32.2 Å². The molecule has 1 aromatic heterocycles. The van der Waals surface area contributed by atoms with Crippen molar-refractivity contribution in [3.63, 3.8) is 0 Å². The van der Waals surface area contributed by atoms with E-state index in [2.05, 4.69) is 11.5 Å². The number of nitrogens with one attached hydrogen (secondary N) is 1. The second kappa shape index (κ2) is 6.92. The van der Waals surface area contributed by atoms with Crippen LogP contribution in [-0.4, -0.2) is 0 Å². The SMILES string of the molecule is Cc1ccc(C(CCCc2cccs2)NN)c(F)c1F. The Bertz CT molecular complexity index is 555. The molecule has 2 rings (SSSR count). The quantitative estimate of drug-likeness (QED) is 0.627. The van der Waals surface area contributed by atoms with E-state index in [1.807, 2.05) is 11.4 Å². The van der Waals surface area contributed by atoms with Gasteiger partial charge in [-0.3, -0.25) is 11.3 Å². The average molecular weight is 296 g/mol. The van der Waals surface area contributed by atoms with E-state index < -0.39 is 11.6 Å². The van der Waals surface area contributed by atoms with Crippen LogP contribution < -0.4 is 11.3 Å². The van der Waals surface area contributed by atoms with Crippen molar-refractivity contribution in [2.75, 3.05) is 0 Å². The third-order valence-electron chi connectivity index (χ3n) is 3.38. The van der Waals surface area contributed by atoms with E-state index in [0.717, 1.165) is 12.8 Å². The molecule has 0 saturated heterocycles. The van der Waals surface area contributed by atoms with Gasteiger partial charge in [-0.15, -0.1) is 11.3 Å². The highest BCUT2D eigenvalue weighted by Crippen LogP contribution is 2.25. The van der Waals surface area contributed by atoms with Gasteiger partial charge in [0.05, 0.1) is 0 Å². The summed E-state index contributed by atoms with van der Waals surface area (Å²) in [5.41, 5.74) is 3.18. The third kappa shape index (κ3) is 3.42. The monoisotopic (exact) mass is 296 g/mol. The normalized spacial score (nSPS) is 12.6. The molecule has 2 nitrogen and oxygen atoms in total. The van der Waals surface area contributed by atoms with Crippen molar-refractivity contribution < 1.29 is 8.78 Å². The first-order chi connectivity index (χ1) is 9.63. The van der Waals surface area contributed by atoms with Gasteiger partial charge in [-0.05, 0) is 43.2 Å². The lowest BCUT2D eigenvalue weighted by molar-refractivity contribution is 0.443. The maximum Gasteiger partial charge on any atom is 0.163 e. The van der Waals surface area contributed by atoms with Crippen LogP contribution in [0.25, 0.3) is 0 Å². The molecule has 1 unspecified atom stereocenters. The number of rotatable bonds is 6. The summed E-state index contributed by atoms with van der Waals surface area (Å²) in [6.45, 7) is 1.55. The van der Waals surface area contributed by atoms with Gasteiger partial charge in [-0.1, -0.05) is 18.2 Å². The number of aryl methyl sites for hydroxylation is 2. The molecule has 108 valence electrons. The molecule has 2 aromatic rings. The molecule has 5 heteroatoms. The molecule has 0 fully saturated rings. The lowest BCUT2D eigenvalue weighted by atomic mass is 9.99. The molecule has 0 aliphatic heterocycles. The molecular weight excluding hydrogens is 278 g/mol. The standard InChI is InChI=1S/C15H18F2N2S/c1-10-7-8-12(15(17)14(10)16)13(19-18)6-2-4-11-5-3-9-20-11/h3,5,7-9,13,19H,2,4,6,18H2,1H3. The van der Waals surface area contributed by atoms with Crippen LogP contribution in [0.3, 0.4) is 0 Å². The van der Waals surface area contributed by atoms with Crippen molar-refractivity contribution in [2.24, 2.45) is 5.84 Å². The summed E-state index contributed by atoms with van der Waals surface area (Å²) < 4.78 is 27.5. The number of thiophene rings is 1. The molecule has 1 heterocycles. The van der Waals surface area contributed by atoms with Crippen LogP contribution in [0, 0.1) is 18.6 Å². The topological polar surface area (TPSA) is 38.0 Å². The fraction of sp³-hybridized carbons (Fsp3) is 0.333. The first kappa shape index (κ1) is 15.1. The van der Waals surface area contributed by atoms with Crippen LogP contribution in [0.5, 0.6) is 0 Å². The lowest BCUT2D eigenvalue weighted by Crippen LogP contribution is -2.29. The molecule has 1 aromatic carbocycles. The number of benzene rings is 1. The number of hydrogen-bond donors (Lipinski definition) is 2. The van der Waals surface area contributed by atoms with Crippen LogP contribution in [-0.2, 0) is 6.42 Å². The van der Waals surface area contributed by atoms with Gasteiger partial charge >= 0.3 is 0 Å². The zero-order chi connectivity index (χ0) is 14.5. The van der Waals surface area contributed by atoms with Crippen molar-refractivity contribution in [1.82, 2.24) is 5.43 Å². The summed E-state index contributed by atoms with van der Waals surface area (Å²) >= 11 is 1.70. The van der Waals surface area contributed by atoms with E-state index in [1.165, 1.54) is 4.88 Å². The van der Waals surface area contributed by atoms with Crippen LogP contribution in [0.15, 0.2) is 29.6 Å². The summed E-state index contributed by atoms with van der Waals surface area (Å²) in [6.07, 6.45) is 2.45. The Morgan fingerprint density at radius 3 is 2.70 bits per heavy atom. The molecule has 20 heavy (non-hydrogen) atoms. The zero-order valence-corrected chi connectivity index (χ0v) is 12.1. The highest BCUT2D eigenvalue weighted by molar-refractivity contribution is 7.09. The lowest BCUT2D eigenvalue weighted by Gasteiger charge is -2.17. The summed E-state index contributed by atoms with van der Waals surface area (Å²) in [4.78, 5) is 1.29. The molecule has 0 amide bonds. The number of hydrogen-bond acceptors (Lipinski definition) is 3. The molecule has 0 radical (unpaired) electrons. The Hall–Kier alpha value is -1.30. The molecular formula is C15H18F2N2S. The van der Waals surface area contributed by atoms with E-state index in [0.29, 0.717) is 17.5 Å². The Balaban J connectivity index is 2.03. The molecule has 0 spiro atoms. The van der Waals surface area contributed by atoms with Crippen LogP contribution in [0.2, 0.25) is 0 Å². The predicted octanol–water partition coefficient (Wildman–Crippen LogP) is 3.86. The van der Waals surface area contributed by atoms with Crippen molar-refractivity contribution >= 4 is 11.3 Å². The van der Waals surface area contributed by atoms with E-state index in [-0.39, 0.29) is 6.04 Å². The third-order valence-corrected chi connectivity index (χ3v) is 4.31.